The number of carbonyl (C=O) groups excluding carboxylic acids is 1. The SMILES string of the molecule is CCCC(=O)[O][Hg][c]1ccccc1. The number of benzene rings is 1. The summed E-state index contributed by atoms with van der Waals surface area (Å²) in [6, 6.07) is 10.0. The Hall–Kier alpha value is -0.375. The van der Waals surface area contributed by atoms with Crippen LogP contribution in [0.15, 0.2) is 30.3 Å². The fourth-order valence-electron chi connectivity index (χ4n) is 1.01. The van der Waals surface area contributed by atoms with E-state index in [0.29, 0.717) is 6.42 Å². The molecule has 0 radical (unpaired) electrons. The molecule has 13 heavy (non-hydrogen) atoms. The van der Waals surface area contributed by atoms with E-state index in [4.69, 9.17) is 2.64 Å². The molecule has 0 aliphatic heterocycles. The Morgan fingerprint density at radius 3 is 2.69 bits per heavy atom. The standard InChI is InChI=1S/C6H5.C4H8O2.Hg/c1-2-4-6-5-3-1;1-2-3-4(5)6;/h1-5H;2-3H2,1H3,(H,5,6);/q;;+1/p-1. The molecule has 1 aromatic rings. The second kappa shape index (κ2) is 6.14. The Kier molecular flexibility index (Phi) is 5.05. The zero-order valence-electron chi connectivity index (χ0n) is 7.82. The molecule has 1 aromatic carbocycles. The van der Waals surface area contributed by atoms with Gasteiger partial charge in [0.05, 0.1) is 0 Å². The monoisotopic (exact) mass is 366 g/mol. The Morgan fingerprint density at radius 1 is 1.38 bits per heavy atom. The molecule has 0 bridgehead atoms. The van der Waals surface area contributed by atoms with Crippen LogP contribution in [0.5, 0.6) is 0 Å². The van der Waals surface area contributed by atoms with Gasteiger partial charge in [-0.05, 0) is 0 Å². The van der Waals surface area contributed by atoms with Crippen LogP contribution in [0.4, 0.5) is 0 Å². The topological polar surface area (TPSA) is 26.3 Å². The molecule has 0 saturated carbocycles. The van der Waals surface area contributed by atoms with Crippen molar-refractivity contribution in [3.8, 4) is 0 Å². The molecule has 1 rings (SSSR count). The molecular weight excluding hydrogens is 353 g/mol. The molecule has 0 fully saturated rings. The van der Waals surface area contributed by atoms with Crippen LogP contribution in [-0.4, -0.2) is 5.97 Å². The molecule has 0 unspecified atom stereocenters. The van der Waals surface area contributed by atoms with E-state index < -0.39 is 25.0 Å². The fourth-order valence-corrected chi connectivity index (χ4v) is 4.66. The second-order valence-electron chi connectivity index (χ2n) is 2.90. The van der Waals surface area contributed by atoms with E-state index in [0.717, 1.165) is 6.42 Å². The molecule has 0 saturated heterocycles. The maximum absolute atomic E-state index is 11.0. The van der Waals surface area contributed by atoms with Crippen molar-refractivity contribution in [2.45, 2.75) is 19.8 Å². The summed E-state index contributed by atoms with van der Waals surface area (Å²) in [6.45, 7) is 1.99. The summed E-state index contributed by atoms with van der Waals surface area (Å²) < 4.78 is 6.51. The van der Waals surface area contributed by atoms with Crippen LogP contribution in [0.3, 0.4) is 0 Å². The van der Waals surface area contributed by atoms with Crippen molar-refractivity contribution < 1.29 is 32.5 Å². The molecule has 2 nitrogen and oxygen atoms in total. The van der Waals surface area contributed by atoms with Gasteiger partial charge in [0, 0.05) is 0 Å². The van der Waals surface area contributed by atoms with E-state index in [2.05, 4.69) is 0 Å². The summed E-state index contributed by atoms with van der Waals surface area (Å²) in [4.78, 5) is 11.0. The van der Waals surface area contributed by atoms with Crippen molar-refractivity contribution >= 4 is 9.04 Å². The van der Waals surface area contributed by atoms with Gasteiger partial charge in [-0.25, -0.2) is 0 Å². The van der Waals surface area contributed by atoms with Crippen molar-refractivity contribution in [1.29, 1.82) is 0 Å². The molecule has 0 N–H and O–H groups in total. The van der Waals surface area contributed by atoms with Gasteiger partial charge >= 0.3 is 91.6 Å². The molecule has 3 heteroatoms. The predicted octanol–water partition coefficient (Wildman–Crippen LogP) is 1.65. The summed E-state index contributed by atoms with van der Waals surface area (Å²) in [5, 5.41) is 0. The van der Waals surface area contributed by atoms with Gasteiger partial charge in [0.2, 0.25) is 0 Å². The van der Waals surface area contributed by atoms with E-state index in [9.17, 15) is 4.79 Å². The zero-order valence-corrected chi connectivity index (χ0v) is 13.3. The maximum atomic E-state index is 11.0. The van der Waals surface area contributed by atoms with Gasteiger partial charge in [0.15, 0.2) is 0 Å². The van der Waals surface area contributed by atoms with Crippen LogP contribution in [0.1, 0.15) is 19.8 Å². The number of carbonyl (C=O) groups is 1. The molecule has 0 amide bonds. The van der Waals surface area contributed by atoms with Crippen molar-refractivity contribution in [3.05, 3.63) is 30.3 Å². The average molecular weight is 365 g/mol. The zero-order chi connectivity index (χ0) is 9.52. The molecule has 0 spiro atoms. The Balaban J connectivity index is 2.31. The third-order valence-corrected chi connectivity index (χ3v) is 6.64. The summed E-state index contributed by atoms with van der Waals surface area (Å²) in [6.07, 6.45) is 1.44. The first-order chi connectivity index (χ1) is 6.33. The van der Waals surface area contributed by atoms with E-state index in [1.165, 1.54) is 3.07 Å². The molecule has 0 aliphatic carbocycles. The molecule has 0 atom stereocenters. The van der Waals surface area contributed by atoms with Crippen molar-refractivity contribution in [2.75, 3.05) is 0 Å². The van der Waals surface area contributed by atoms with Gasteiger partial charge in [0.1, 0.15) is 0 Å². The van der Waals surface area contributed by atoms with E-state index in [1.807, 2.05) is 37.3 Å². The van der Waals surface area contributed by atoms with Crippen molar-refractivity contribution in [3.63, 3.8) is 0 Å². The first kappa shape index (κ1) is 10.7. The minimum absolute atomic E-state index is 0.0204. The Labute approximate surface area is 91.4 Å². The van der Waals surface area contributed by atoms with E-state index in [1.54, 1.807) is 0 Å². The van der Waals surface area contributed by atoms with Crippen LogP contribution in [0, 0.1) is 0 Å². The summed E-state index contributed by atoms with van der Waals surface area (Å²) in [5.41, 5.74) is 0. The molecule has 0 aliphatic rings. The van der Waals surface area contributed by atoms with E-state index >= 15 is 0 Å². The third-order valence-electron chi connectivity index (χ3n) is 1.70. The first-order valence-corrected chi connectivity index (χ1v) is 9.52. The number of hydrogen-bond acceptors (Lipinski definition) is 2. The molecular formula is C10H12HgO2. The number of rotatable bonds is 4. The Bertz CT molecular complexity index is 259. The quantitative estimate of drug-likeness (QED) is 0.759. The molecule has 0 heterocycles. The number of hydrogen-bond donors (Lipinski definition) is 0. The van der Waals surface area contributed by atoms with Crippen LogP contribution >= 0.6 is 0 Å². The second-order valence-corrected chi connectivity index (χ2v) is 8.31. The summed E-state index contributed by atoms with van der Waals surface area (Å²) in [5.74, 6) is -0.0204. The van der Waals surface area contributed by atoms with Gasteiger partial charge in [-0.3, -0.25) is 0 Å². The minimum atomic E-state index is -1.56. The van der Waals surface area contributed by atoms with Crippen LogP contribution < -0.4 is 3.07 Å². The van der Waals surface area contributed by atoms with E-state index in [-0.39, 0.29) is 5.97 Å². The van der Waals surface area contributed by atoms with Crippen LogP contribution in [-0.2, 0) is 32.5 Å². The van der Waals surface area contributed by atoms with Gasteiger partial charge in [-0.2, -0.15) is 0 Å². The summed E-state index contributed by atoms with van der Waals surface area (Å²) >= 11 is -1.56. The summed E-state index contributed by atoms with van der Waals surface area (Å²) in [7, 11) is 0. The molecule has 66 valence electrons. The Morgan fingerprint density at radius 2 is 2.08 bits per heavy atom. The van der Waals surface area contributed by atoms with Crippen molar-refractivity contribution in [1.82, 2.24) is 0 Å². The first-order valence-electron chi connectivity index (χ1n) is 4.52. The molecule has 0 aromatic heterocycles. The normalized spacial score (nSPS) is 9.00. The van der Waals surface area contributed by atoms with Gasteiger partial charge < -0.3 is 0 Å². The van der Waals surface area contributed by atoms with Gasteiger partial charge in [0.25, 0.3) is 0 Å². The van der Waals surface area contributed by atoms with Crippen LogP contribution in [0.25, 0.3) is 0 Å². The van der Waals surface area contributed by atoms with Crippen LogP contribution in [0.2, 0.25) is 0 Å². The fraction of sp³-hybridized carbons (Fsp3) is 0.300. The van der Waals surface area contributed by atoms with Gasteiger partial charge in [-0.15, -0.1) is 0 Å². The van der Waals surface area contributed by atoms with Crippen molar-refractivity contribution in [2.24, 2.45) is 0 Å². The predicted molar refractivity (Wildman–Crippen MR) is 47.1 cm³/mol. The average Bonchev–Trinajstić information content (AvgIpc) is 2.17. The van der Waals surface area contributed by atoms with Gasteiger partial charge in [-0.1, -0.05) is 0 Å². The third kappa shape index (κ3) is 4.41.